The highest BCUT2D eigenvalue weighted by Crippen LogP contribution is 2.29. The van der Waals surface area contributed by atoms with Gasteiger partial charge in [0.15, 0.2) is 0 Å². The summed E-state index contributed by atoms with van der Waals surface area (Å²) in [5.41, 5.74) is 10.2. The van der Waals surface area contributed by atoms with Crippen LogP contribution in [0, 0.1) is 0 Å². The molecule has 0 atom stereocenters. The summed E-state index contributed by atoms with van der Waals surface area (Å²) in [6.45, 7) is 1.76. The van der Waals surface area contributed by atoms with E-state index in [-0.39, 0.29) is 22.5 Å². The maximum atomic E-state index is 11.9. The van der Waals surface area contributed by atoms with Gasteiger partial charge in [0.25, 0.3) is 5.56 Å². The molecule has 2 aromatic rings. The van der Waals surface area contributed by atoms with Gasteiger partial charge >= 0.3 is 0 Å². The van der Waals surface area contributed by atoms with Gasteiger partial charge in [0.2, 0.25) is 0 Å². The topological polar surface area (TPSA) is 84.1 Å². The quantitative estimate of drug-likeness (QED) is 0.636. The van der Waals surface area contributed by atoms with Crippen LogP contribution in [0.15, 0.2) is 34.1 Å². The second-order valence-corrected chi connectivity index (χ2v) is 5.37. The van der Waals surface area contributed by atoms with Gasteiger partial charge in [0, 0.05) is 11.1 Å². The minimum absolute atomic E-state index is 0. The van der Waals surface area contributed by atoms with Crippen molar-refractivity contribution in [3.8, 4) is 11.3 Å². The molecule has 1 aliphatic carbocycles. The Morgan fingerprint density at radius 2 is 2.00 bits per heavy atom. The predicted molar refractivity (Wildman–Crippen MR) is 94.2 cm³/mol. The van der Waals surface area contributed by atoms with Crippen molar-refractivity contribution in [1.29, 1.82) is 0 Å². The van der Waals surface area contributed by atoms with Crippen LogP contribution in [0.5, 0.6) is 0 Å². The summed E-state index contributed by atoms with van der Waals surface area (Å²) in [7, 11) is 0. The highest BCUT2D eigenvalue weighted by atomic mass is 79.9. The molecule has 3 N–H and O–H groups in total. The molecule has 0 unspecified atom stereocenters. The number of nitrogens with two attached hydrogens (primary N) is 1. The summed E-state index contributed by atoms with van der Waals surface area (Å²) in [5.74, 6) is 0.517. The first-order valence-corrected chi connectivity index (χ1v) is 7.17. The number of aliphatic imine (C=N–C) groups is 1. The SMILES string of the molecule is Br.CC(N)=Nc1cccc(-c2n[nH]c(=O)c3c2CCCC3)c1. The second-order valence-electron chi connectivity index (χ2n) is 5.37. The largest absolute Gasteiger partial charge is 0.387 e. The van der Waals surface area contributed by atoms with Gasteiger partial charge in [-0.2, -0.15) is 5.10 Å². The van der Waals surface area contributed by atoms with Crippen LogP contribution >= 0.6 is 17.0 Å². The molecule has 0 radical (unpaired) electrons. The smallest absolute Gasteiger partial charge is 0.267 e. The van der Waals surface area contributed by atoms with Gasteiger partial charge in [0.05, 0.1) is 17.2 Å². The Labute approximate surface area is 139 Å². The number of amidine groups is 1. The molecular formula is C16H19BrN4O. The van der Waals surface area contributed by atoms with Gasteiger partial charge < -0.3 is 5.73 Å². The number of halogens is 1. The van der Waals surface area contributed by atoms with Crippen LogP contribution in [-0.4, -0.2) is 16.0 Å². The number of aromatic amines is 1. The summed E-state index contributed by atoms with van der Waals surface area (Å²) < 4.78 is 0. The lowest BCUT2D eigenvalue weighted by atomic mass is 9.90. The molecule has 0 bridgehead atoms. The van der Waals surface area contributed by atoms with Crippen LogP contribution in [0.3, 0.4) is 0 Å². The molecule has 1 aromatic heterocycles. The zero-order valence-corrected chi connectivity index (χ0v) is 14.1. The Balaban J connectivity index is 0.00000176. The highest BCUT2D eigenvalue weighted by Gasteiger charge is 2.18. The van der Waals surface area contributed by atoms with E-state index in [1.165, 1.54) is 0 Å². The monoisotopic (exact) mass is 362 g/mol. The minimum Gasteiger partial charge on any atom is -0.387 e. The Bertz CT molecular complexity index is 763. The fourth-order valence-electron chi connectivity index (χ4n) is 2.82. The molecule has 0 saturated carbocycles. The summed E-state index contributed by atoms with van der Waals surface area (Å²) >= 11 is 0. The first-order chi connectivity index (χ1) is 10.1. The number of benzene rings is 1. The van der Waals surface area contributed by atoms with E-state index in [0.717, 1.165) is 53.8 Å². The fraction of sp³-hybridized carbons (Fsp3) is 0.312. The maximum absolute atomic E-state index is 11.9. The van der Waals surface area contributed by atoms with Crippen molar-refractivity contribution in [2.24, 2.45) is 10.7 Å². The maximum Gasteiger partial charge on any atom is 0.267 e. The number of nitrogens with one attached hydrogen (secondary N) is 1. The summed E-state index contributed by atoms with van der Waals surface area (Å²) in [6.07, 6.45) is 3.91. The number of hydrogen-bond acceptors (Lipinski definition) is 3. The Hall–Kier alpha value is -1.95. The van der Waals surface area contributed by atoms with Gasteiger partial charge in [-0.3, -0.25) is 4.79 Å². The molecule has 0 amide bonds. The third-order valence-electron chi connectivity index (χ3n) is 3.72. The second kappa shape index (κ2) is 6.87. The zero-order valence-electron chi connectivity index (χ0n) is 12.4. The van der Waals surface area contributed by atoms with E-state index in [9.17, 15) is 4.79 Å². The molecule has 1 aliphatic rings. The molecular weight excluding hydrogens is 344 g/mol. The predicted octanol–water partition coefficient (Wildman–Crippen LogP) is 2.90. The molecule has 0 saturated heterocycles. The number of nitrogens with zero attached hydrogens (tertiary/aromatic N) is 2. The average Bonchev–Trinajstić information content (AvgIpc) is 2.47. The van der Waals surface area contributed by atoms with Crippen molar-refractivity contribution < 1.29 is 0 Å². The molecule has 0 fully saturated rings. The van der Waals surface area contributed by atoms with E-state index >= 15 is 0 Å². The van der Waals surface area contributed by atoms with Crippen molar-refractivity contribution in [2.45, 2.75) is 32.6 Å². The third-order valence-corrected chi connectivity index (χ3v) is 3.72. The van der Waals surface area contributed by atoms with Crippen molar-refractivity contribution in [3.63, 3.8) is 0 Å². The minimum atomic E-state index is -0.0552. The van der Waals surface area contributed by atoms with Gasteiger partial charge in [-0.1, -0.05) is 12.1 Å². The molecule has 0 spiro atoms. The summed E-state index contributed by atoms with van der Waals surface area (Å²) in [5, 5.41) is 6.89. The van der Waals surface area contributed by atoms with Crippen LogP contribution in [-0.2, 0) is 12.8 Å². The number of fused-ring (bicyclic) bond motifs is 1. The Morgan fingerprint density at radius 1 is 1.27 bits per heavy atom. The number of H-pyrrole nitrogens is 1. The number of rotatable bonds is 2. The van der Waals surface area contributed by atoms with Gasteiger partial charge in [-0.05, 0) is 50.3 Å². The van der Waals surface area contributed by atoms with Crippen molar-refractivity contribution in [3.05, 3.63) is 45.7 Å². The zero-order chi connectivity index (χ0) is 14.8. The Kier molecular flexibility index (Phi) is 5.13. The first-order valence-electron chi connectivity index (χ1n) is 7.17. The highest BCUT2D eigenvalue weighted by molar-refractivity contribution is 8.93. The fourth-order valence-corrected chi connectivity index (χ4v) is 2.82. The lowest BCUT2D eigenvalue weighted by molar-refractivity contribution is 0.669. The first kappa shape index (κ1) is 16.4. The van der Waals surface area contributed by atoms with Crippen molar-refractivity contribution in [1.82, 2.24) is 10.2 Å². The number of hydrogen-bond donors (Lipinski definition) is 2. The Morgan fingerprint density at radius 3 is 2.73 bits per heavy atom. The molecule has 1 heterocycles. The molecule has 6 heteroatoms. The summed E-state index contributed by atoms with van der Waals surface area (Å²) in [6, 6.07) is 7.77. The van der Waals surface area contributed by atoms with Crippen molar-refractivity contribution in [2.75, 3.05) is 0 Å². The third kappa shape index (κ3) is 3.27. The van der Waals surface area contributed by atoms with Gasteiger partial charge in [-0.15, -0.1) is 17.0 Å². The lowest BCUT2D eigenvalue weighted by Crippen LogP contribution is -2.21. The van der Waals surface area contributed by atoms with Crippen LogP contribution < -0.4 is 11.3 Å². The average molecular weight is 363 g/mol. The van der Waals surface area contributed by atoms with E-state index in [1.807, 2.05) is 24.3 Å². The van der Waals surface area contributed by atoms with Crippen LogP contribution in [0.25, 0.3) is 11.3 Å². The molecule has 116 valence electrons. The van der Waals surface area contributed by atoms with E-state index in [2.05, 4.69) is 15.2 Å². The molecule has 22 heavy (non-hydrogen) atoms. The van der Waals surface area contributed by atoms with Crippen LogP contribution in [0.1, 0.15) is 30.9 Å². The van der Waals surface area contributed by atoms with Gasteiger partial charge in [-0.25, -0.2) is 10.1 Å². The van der Waals surface area contributed by atoms with Crippen molar-refractivity contribution >= 4 is 28.5 Å². The molecule has 3 rings (SSSR count). The molecule has 5 nitrogen and oxygen atoms in total. The normalized spacial score (nSPS) is 14.1. The van der Waals surface area contributed by atoms with E-state index < -0.39 is 0 Å². The van der Waals surface area contributed by atoms with Crippen LogP contribution in [0.2, 0.25) is 0 Å². The molecule has 0 aliphatic heterocycles. The molecule has 1 aromatic carbocycles. The van der Waals surface area contributed by atoms with E-state index in [1.54, 1.807) is 6.92 Å². The van der Waals surface area contributed by atoms with E-state index in [4.69, 9.17) is 5.73 Å². The lowest BCUT2D eigenvalue weighted by Gasteiger charge is -2.17. The van der Waals surface area contributed by atoms with Crippen LogP contribution in [0.4, 0.5) is 5.69 Å². The van der Waals surface area contributed by atoms with E-state index in [0.29, 0.717) is 5.84 Å². The summed E-state index contributed by atoms with van der Waals surface area (Å²) in [4.78, 5) is 16.2. The van der Waals surface area contributed by atoms with Gasteiger partial charge in [0.1, 0.15) is 0 Å². The standard InChI is InChI=1S/C16H18N4O.BrH/c1-10(17)18-12-6-4-5-11(9-12)15-13-7-2-3-8-14(13)16(21)20-19-15;/h4-6,9H,2-3,7-8H2,1H3,(H2,17,18)(H,20,21);1H. The number of aromatic nitrogens is 2.